The summed E-state index contributed by atoms with van der Waals surface area (Å²) >= 11 is 6.33. The number of nitrogens with zero attached hydrogens (tertiary/aromatic N) is 3. The molecule has 4 heteroatoms. The van der Waals surface area contributed by atoms with E-state index in [0.29, 0.717) is 5.02 Å². The standard InChI is InChI=1S/C33H26ClN3/c1-25-17-21-29(22-18-25)35-32-33(26-11-5-2-6-12-26,27-13-7-3-8-14-27)37(31-23-19-28(34)20-24-31)36(32)30-15-9-4-10-16-30/h2-24H,1H3. The van der Waals surface area contributed by atoms with Crippen LogP contribution in [0.3, 0.4) is 0 Å². The number of halogens is 1. The molecule has 1 aliphatic heterocycles. The van der Waals surface area contributed by atoms with Gasteiger partial charge < -0.3 is 0 Å². The molecule has 1 aliphatic rings. The van der Waals surface area contributed by atoms with Crippen LogP contribution < -0.4 is 10.0 Å². The minimum absolute atomic E-state index is 0.670. The fourth-order valence-electron chi connectivity index (χ4n) is 5.04. The van der Waals surface area contributed by atoms with E-state index in [4.69, 9.17) is 16.6 Å². The molecule has 0 saturated carbocycles. The van der Waals surface area contributed by atoms with E-state index >= 15 is 0 Å². The second-order valence-corrected chi connectivity index (χ2v) is 9.59. The molecule has 0 aromatic heterocycles. The van der Waals surface area contributed by atoms with Crippen molar-refractivity contribution in [3.8, 4) is 0 Å². The van der Waals surface area contributed by atoms with Crippen molar-refractivity contribution in [1.29, 1.82) is 0 Å². The highest BCUT2D eigenvalue weighted by Gasteiger charge is 2.60. The first kappa shape index (κ1) is 23.1. The molecular formula is C33H26ClN3. The molecule has 5 aromatic rings. The zero-order chi connectivity index (χ0) is 25.2. The highest BCUT2D eigenvalue weighted by atomic mass is 35.5. The van der Waals surface area contributed by atoms with Crippen molar-refractivity contribution in [1.82, 2.24) is 0 Å². The number of anilines is 2. The number of hydrogen-bond donors (Lipinski definition) is 0. The normalized spacial score (nSPS) is 15.5. The molecule has 1 heterocycles. The zero-order valence-electron chi connectivity index (χ0n) is 20.5. The smallest absolute Gasteiger partial charge is 0.171 e. The van der Waals surface area contributed by atoms with E-state index in [1.807, 2.05) is 18.2 Å². The van der Waals surface area contributed by atoms with Gasteiger partial charge in [0.1, 0.15) is 0 Å². The Morgan fingerprint density at radius 3 is 1.62 bits per heavy atom. The number of hydrogen-bond acceptors (Lipinski definition) is 2. The van der Waals surface area contributed by atoms with E-state index in [-0.39, 0.29) is 0 Å². The molecule has 0 radical (unpaired) electrons. The number of hydrazine groups is 1. The topological polar surface area (TPSA) is 18.8 Å². The number of para-hydroxylation sites is 1. The van der Waals surface area contributed by atoms with Gasteiger partial charge >= 0.3 is 0 Å². The van der Waals surface area contributed by atoms with Gasteiger partial charge in [0.15, 0.2) is 11.4 Å². The van der Waals surface area contributed by atoms with E-state index in [9.17, 15) is 0 Å². The maximum Gasteiger partial charge on any atom is 0.171 e. The average molecular weight is 500 g/mol. The summed E-state index contributed by atoms with van der Waals surface area (Å²) in [6.45, 7) is 2.09. The number of aryl methyl sites for hydroxylation is 1. The minimum atomic E-state index is -0.670. The first-order chi connectivity index (χ1) is 18.2. The van der Waals surface area contributed by atoms with Crippen LogP contribution in [0.4, 0.5) is 17.1 Å². The van der Waals surface area contributed by atoms with Gasteiger partial charge in [-0.3, -0.25) is 5.01 Å². The Bertz CT molecular complexity index is 1470. The largest absolute Gasteiger partial charge is 0.257 e. The lowest BCUT2D eigenvalue weighted by molar-refractivity contribution is 0.535. The highest BCUT2D eigenvalue weighted by Crippen LogP contribution is 2.52. The van der Waals surface area contributed by atoms with Gasteiger partial charge in [-0.15, -0.1) is 0 Å². The number of amidine groups is 1. The summed E-state index contributed by atoms with van der Waals surface area (Å²) in [5, 5.41) is 5.24. The Morgan fingerprint density at radius 2 is 1.08 bits per heavy atom. The van der Waals surface area contributed by atoms with Crippen molar-refractivity contribution >= 4 is 34.5 Å². The average Bonchev–Trinajstić information content (AvgIpc) is 2.95. The molecule has 0 spiro atoms. The molecule has 3 nitrogen and oxygen atoms in total. The summed E-state index contributed by atoms with van der Waals surface area (Å²) in [5.74, 6) is 0.926. The molecule has 0 aliphatic carbocycles. The summed E-state index contributed by atoms with van der Waals surface area (Å²) in [6.07, 6.45) is 0. The summed E-state index contributed by atoms with van der Waals surface area (Å²) in [7, 11) is 0. The fraction of sp³-hybridized carbons (Fsp3) is 0.0606. The van der Waals surface area contributed by atoms with Gasteiger partial charge in [0.05, 0.1) is 17.1 Å². The van der Waals surface area contributed by atoms with Crippen LogP contribution in [-0.2, 0) is 5.54 Å². The van der Waals surface area contributed by atoms with Crippen LogP contribution in [-0.4, -0.2) is 5.84 Å². The van der Waals surface area contributed by atoms with Crippen molar-refractivity contribution in [3.63, 3.8) is 0 Å². The van der Waals surface area contributed by atoms with E-state index < -0.39 is 5.54 Å². The monoisotopic (exact) mass is 499 g/mol. The molecule has 0 amide bonds. The lowest BCUT2D eigenvalue weighted by Crippen LogP contribution is -2.77. The molecule has 1 saturated heterocycles. The van der Waals surface area contributed by atoms with Crippen LogP contribution in [0, 0.1) is 6.92 Å². The molecule has 5 aromatic carbocycles. The molecule has 1 fully saturated rings. The van der Waals surface area contributed by atoms with E-state index in [1.165, 1.54) is 5.56 Å². The van der Waals surface area contributed by atoms with Crippen molar-refractivity contribution in [2.45, 2.75) is 12.5 Å². The van der Waals surface area contributed by atoms with Crippen molar-refractivity contribution in [2.24, 2.45) is 4.99 Å². The third kappa shape index (κ3) is 3.98. The van der Waals surface area contributed by atoms with E-state index in [2.05, 4.69) is 138 Å². The summed E-state index contributed by atoms with van der Waals surface area (Å²) < 4.78 is 0. The number of aliphatic imine (C=N–C) groups is 1. The molecule has 0 atom stereocenters. The highest BCUT2D eigenvalue weighted by molar-refractivity contribution is 6.30. The van der Waals surface area contributed by atoms with Gasteiger partial charge in [0.25, 0.3) is 0 Å². The Kier molecular flexibility index (Phi) is 5.99. The minimum Gasteiger partial charge on any atom is -0.257 e. The van der Waals surface area contributed by atoms with Crippen LogP contribution in [0.25, 0.3) is 0 Å². The molecule has 37 heavy (non-hydrogen) atoms. The SMILES string of the molecule is Cc1ccc(N=C2N(c3ccccc3)N(c3ccc(Cl)cc3)C2(c2ccccc2)c2ccccc2)cc1. The summed E-state index contributed by atoms with van der Waals surface area (Å²) in [6, 6.07) is 48.0. The molecule has 6 rings (SSSR count). The van der Waals surface area contributed by atoms with Crippen molar-refractivity contribution in [3.05, 3.63) is 161 Å². The predicted octanol–water partition coefficient (Wildman–Crippen LogP) is 8.56. The number of benzene rings is 5. The quantitative estimate of drug-likeness (QED) is 0.241. The Morgan fingerprint density at radius 1 is 0.568 bits per heavy atom. The third-order valence-corrected chi connectivity index (χ3v) is 7.02. The predicted molar refractivity (Wildman–Crippen MR) is 155 cm³/mol. The first-order valence-corrected chi connectivity index (χ1v) is 12.7. The van der Waals surface area contributed by atoms with Crippen LogP contribution >= 0.6 is 11.6 Å². The Hall–Kier alpha value is -4.34. The van der Waals surface area contributed by atoms with E-state index in [1.54, 1.807) is 0 Å². The van der Waals surface area contributed by atoms with Crippen molar-refractivity contribution < 1.29 is 0 Å². The van der Waals surface area contributed by atoms with Gasteiger partial charge in [-0.25, -0.2) is 10.0 Å². The maximum absolute atomic E-state index is 6.33. The molecule has 0 unspecified atom stereocenters. The Balaban J connectivity index is 1.69. The fourth-order valence-corrected chi connectivity index (χ4v) is 5.17. The third-order valence-electron chi connectivity index (χ3n) is 6.77. The lowest BCUT2D eigenvalue weighted by atomic mass is 9.76. The molecule has 0 bridgehead atoms. The van der Waals surface area contributed by atoms with Gasteiger partial charge in [-0.2, -0.15) is 0 Å². The van der Waals surface area contributed by atoms with Crippen molar-refractivity contribution in [2.75, 3.05) is 10.0 Å². The van der Waals surface area contributed by atoms with Crippen LogP contribution in [0.2, 0.25) is 5.02 Å². The Labute approximate surface area is 222 Å². The zero-order valence-corrected chi connectivity index (χ0v) is 21.3. The van der Waals surface area contributed by atoms with Crippen LogP contribution in [0.5, 0.6) is 0 Å². The second-order valence-electron chi connectivity index (χ2n) is 9.15. The van der Waals surface area contributed by atoms with Crippen LogP contribution in [0.1, 0.15) is 16.7 Å². The molecule has 180 valence electrons. The second kappa shape index (κ2) is 9.61. The maximum atomic E-state index is 6.33. The van der Waals surface area contributed by atoms with Gasteiger partial charge in [0, 0.05) is 5.02 Å². The summed E-state index contributed by atoms with van der Waals surface area (Å²) in [4.78, 5) is 5.34. The first-order valence-electron chi connectivity index (χ1n) is 12.4. The molecular weight excluding hydrogens is 474 g/mol. The molecule has 0 N–H and O–H groups in total. The van der Waals surface area contributed by atoms with Crippen LogP contribution in [0.15, 0.2) is 145 Å². The summed E-state index contributed by atoms with van der Waals surface area (Å²) in [5.41, 5.74) is 5.76. The van der Waals surface area contributed by atoms with Gasteiger partial charge in [-0.05, 0) is 66.6 Å². The van der Waals surface area contributed by atoms with Gasteiger partial charge in [-0.1, -0.05) is 108 Å². The number of rotatable bonds is 5. The van der Waals surface area contributed by atoms with Gasteiger partial charge in [0.2, 0.25) is 0 Å². The lowest BCUT2D eigenvalue weighted by Gasteiger charge is -2.62. The van der Waals surface area contributed by atoms with E-state index in [0.717, 1.165) is 34.0 Å².